The van der Waals surface area contributed by atoms with Gasteiger partial charge in [0.05, 0.1) is 26.0 Å². The van der Waals surface area contributed by atoms with Gasteiger partial charge >= 0.3 is 0 Å². The van der Waals surface area contributed by atoms with Crippen LogP contribution in [0.5, 0.6) is 0 Å². The maximum atomic E-state index is 12.2. The highest BCUT2D eigenvalue weighted by Crippen LogP contribution is 2.22. The third kappa shape index (κ3) is 3.03. The molecule has 15 heavy (non-hydrogen) atoms. The summed E-state index contributed by atoms with van der Waals surface area (Å²) in [6.45, 7) is 3.97. The molecule has 0 saturated carbocycles. The first-order chi connectivity index (χ1) is 7.07. The number of hydrogen-bond acceptors (Lipinski definition) is 2. The van der Waals surface area contributed by atoms with Crippen molar-refractivity contribution in [2.24, 2.45) is 0 Å². The molecule has 0 aliphatic carbocycles. The van der Waals surface area contributed by atoms with Crippen molar-refractivity contribution in [3.05, 3.63) is 29.3 Å². The minimum atomic E-state index is -1.06. The molecule has 1 N–H and O–H groups in total. The highest BCUT2D eigenvalue weighted by atomic mass is 35.5. The Bertz CT molecular complexity index is 356. The molecule has 3 unspecified atom stereocenters. The molecule has 0 bridgehead atoms. The van der Waals surface area contributed by atoms with E-state index >= 15 is 0 Å². The predicted octanol–water partition coefficient (Wildman–Crippen LogP) is 2.44. The Hall–Kier alpha value is -0.380. The molecule has 1 aromatic carbocycles. The van der Waals surface area contributed by atoms with Crippen LogP contribution in [0.2, 0.25) is 5.02 Å². The topological polar surface area (TPSA) is 29.1 Å². The molecule has 4 heteroatoms. The van der Waals surface area contributed by atoms with Crippen LogP contribution in [-0.4, -0.2) is 22.5 Å². The lowest BCUT2D eigenvalue weighted by Gasteiger charge is -2.19. The maximum Gasteiger partial charge on any atom is 0.0588 e. The van der Waals surface area contributed by atoms with Gasteiger partial charge < -0.3 is 5.32 Å². The molecule has 0 fully saturated rings. The molecular weight excluding hydrogens is 230 g/mol. The van der Waals surface area contributed by atoms with Gasteiger partial charge in [0, 0.05) is 6.04 Å². The van der Waals surface area contributed by atoms with Crippen molar-refractivity contribution in [2.75, 3.05) is 7.05 Å². The van der Waals surface area contributed by atoms with Crippen LogP contribution in [0, 0.1) is 0 Å². The number of rotatable bonds is 4. The lowest BCUT2D eigenvalue weighted by atomic mass is 10.3. The minimum absolute atomic E-state index is 0.0369. The Kier molecular flexibility index (Phi) is 4.77. The predicted molar refractivity (Wildman–Crippen MR) is 65.8 cm³/mol. The zero-order valence-electron chi connectivity index (χ0n) is 9.16. The quantitative estimate of drug-likeness (QED) is 0.883. The average Bonchev–Trinajstić information content (AvgIpc) is 2.26. The first kappa shape index (κ1) is 12.7. The molecule has 1 rings (SSSR count). The molecule has 0 spiro atoms. The summed E-state index contributed by atoms with van der Waals surface area (Å²) in [4.78, 5) is 0.716. The van der Waals surface area contributed by atoms with Crippen LogP contribution in [0.1, 0.15) is 13.8 Å². The van der Waals surface area contributed by atoms with E-state index in [1.54, 1.807) is 6.07 Å². The SMILES string of the molecule is CNC(C)C(C)S(=O)c1ccccc1Cl. The monoisotopic (exact) mass is 245 g/mol. The molecule has 2 nitrogen and oxygen atoms in total. The third-order valence-corrected chi connectivity index (χ3v) is 4.87. The second-order valence-electron chi connectivity index (χ2n) is 3.51. The normalized spacial score (nSPS) is 17.1. The molecule has 0 aromatic heterocycles. The van der Waals surface area contributed by atoms with Gasteiger partial charge in [-0.05, 0) is 33.0 Å². The molecule has 84 valence electrons. The summed E-state index contributed by atoms with van der Waals surface area (Å²) >= 11 is 6.00. The van der Waals surface area contributed by atoms with Crippen LogP contribution < -0.4 is 5.32 Å². The molecule has 0 amide bonds. The number of halogens is 1. The highest BCUT2D eigenvalue weighted by Gasteiger charge is 2.20. The van der Waals surface area contributed by atoms with Crippen LogP contribution in [0.25, 0.3) is 0 Å². The van der Waals surface area contributed by atoms with Gasteiger partial charge in [-0.15, -0.1) is 0 Å². The Labute approximate surface area is 98.5 Å². The van der Waals surface area contributed by atoms with E-state index in [1.165, 1.54) is 0 Å². The van der Waals surface area contributed by atoms with Crippen molar-refractivity contribution in [3.8, 4) is 0 Å². The zero-order chi connectivity index (χ0) is 11.4. The highest BCUT2D eigenvalue weighted by molar-refractivity contribution is 7.85. The van der Waals surface area contributed by atoms with E-state index in [4.69, 9.17) is 11.6 Å². The molecule has 0 heterocycles. The second kappa shape index (κ2) is 5.64. The fraction of sp³-hybridized carbons (Fsp3) is 0.455. The summed E-state index contributed by atoms with van der Waals surface area (Å²) < 4.78 is 12.2. The van der Waals surface area contributed by atoms with Crippen LogP contribution in [0.15, 0.2) is 29.2 Å². The van der Waals surface area contributed by atoms with Crippen molar-refractivity contribution >= 4 is 22.4 Å². The minimum Gasteiger partial charge on any atom is -0.316 e. The van der Waals surface area contributed by atoms with E-state index < -0.39 is 10.8 Å². The summed E-state index contributed by atoms with van der Waals surface area (Å²) in [5.41, 5.74) is 0. The van der Waals surface area contributed by atoms with Gasteiger partial charge in [-0.2, -0.15) is 0 Å². The summed E-state index contributed by atoms with van der Waals surface area (Å²) in [5.74, 6) is 0. The van der Waals surface area contributed by atoms with Crippen molar-refractivity contribution in [3.63, 3.8) is 0 Å². The van der Waals surface area contributed by atoms with Gasteiger partial charge in [0.15, 0.2) is 0 Å². The van der Waals surface area contributed by atoms with Crippen LogP contribution in [0.4, 0.5) is 0 Å². The van der Waals surface area contributed by atoms with E-state index in [0.29, 0.717) is 9.92 Å². The smallest absolute Gasteiger partial charge is 0.0588 e. The van der Waals surface area contributed by atoms with Crippen molar-refractivity contribution in [1.82, 2.24) is 5.32 Å². The molecule has 3 atom stereocenters. The molecule has 0 aliphatic rings. The lowest BCUT2D eigenvalue weighted by molar-refractivity contribution is 0.584. The van der Waals surface area contributed by atoms with E-state index in [0.717, 1.165) is 0 Å². The van der Waals surface area contributed by atoms with E-state index in [9.17, 15) is 4.21 Å². The third-order valence-electron chi connectivity index (χ3n) is 2.55. The van der Waals surface area contributed by atoms with Crippen molar-refractivity contribution in [1.29, 1.82) is 0 Å². The molecular formula is C11H16ClNOS. The van der Waals surface area contributed by atoms with Crippen molar-refractivity contribution in [2.45, 2.75) is 30.0 Å². The Morgan fingerprint density at radius 2 is 1.93 bits per heavy atom. The van der Waals surface area contributed by atoms with Crippen LogP contribution in [0.3, 0.4) is 0 Å². The lowest BCUT2D eigenvalue weighted by Crippen LogP contribution is -2.35. The Morgan fingerprint density at radius 3 is 2.47 bits per heavy atom. The molecule has 0 aliphatic heterocycles. The summed E-state index contributed by atoms with van der Waals surface area (Å²) in [6, 6.07) is 7.48. The number of benzene rings is 1. The molecule has 0 saturated heterocycles. The van der Waals surface area contributed by atoms with Gasteiger partial charge in [0.25, 0.3) is 0 Å². The van der Waals surface area contributed by atoms with E-state index in [1.807, 2.05) is 39.1 Å². The summed E-state index contributed by atoms with van der Waals surface area (Å²) in [7, 11) is 0.802. The van der Waals surface area contributed by atoms with Crippen LogP contribution in [-0.2, 0) is 10.8 Å². The van der Waals surface area contributed by atoms with E-state index in [2.05, 4.69) is 5.32 Å². The number of hydrogen-bond donors (Lipinski definition) is 1. The summed E-state index contributed by atoms with van der Waals surface area (Å²) in [5, 5.41) is 3.71. The summed E-state index contributed by atoms with van der Waals surface area (Å²) in [6.07, 6.45) is 0. The maximum absolute atomic E-state index is 12.2. The van der Waals surface area contributed by atoms with Crippen LogP contribution >= 0.6 is 11.6 Å². The first-order valence-electron chi connectivity index (χ1n) is 4.90. The second-order valence-corrected chi connectivity index (χ2v) is 5.70. The fourth-order valence-corrected chi connectivity index (χ4v) is 2.97. The van der Waals surface area contributed by atoms with Crippen molar-refractivity contribution < 1.29 is 4.21 Å². The molecule has 0 radical (unpaired) electrons. The number of nitrogens with one attached hydrogen (secondary N) is 1. The van der Waals surface area contributed by atoms with Gasteiger partial charge in [-0.3, -0.25) is 4.21 Å². The van der Waals surface area contributed by atoms with E-state index in [-0.39, 0.29) is 11.3 Å². The Morgan fingerprint density at radius 1 is 1.33 bits per heavy atom. The average molecular weight is 246 g/mol. The Balaban J connectivity index is 2.90. The van der Waals surface area contributed by atoms with Gasteiger partial charge in [-0.25, -0.2) is 0 Å². The first-order valence-corrected chi connectivity index (χ1v) is 6.49. The van der Waals surface area contributed by atoms with Gasteiger partial charge in [-0.1, -0.05) is 23.7 Å². The standard InChI is InChI=1S/C11H16ClNOS/c1-8(13-3)9(2)15(14)11-7-5-4-6-10(11)12/h4-9,13H,1-3H3. The zero-order valence-corrected chi connectivity index (χ0v) is 10.7. The molecule has 1 aromatic rings. The van der Waals surface area contributed by atoms with Gasteiger partial charge in [0.1, 0.15) is 0 Å². The largest absolute Gasteiger partial charge is 0.316 e. The van der Waals surface area contributed by atoms with Gasteiger partial charge in [0.2, 0.25) is 0 Å². The fourth-order valence-electron chi connectivity index (χ4n) is 1.23.